The Hall–Kier alpha value is -2.86. The Labute approximate surface area is 183 Å². The molecule has 31 heavy (non-hydrogen) atoms. The van der Waals surface area contributed by atoms with E-state index < -0.39 is 5.54 Å². The van der Waals surface area contributed by atoms with Gasteiger partial charge in [-0.05, 0) is 61.9 Å². The fraction of sp³-hybridized carbons (Fsp3) is 0.440. The number of rotatable bonds is 5. The van der Waals surface area contributed by atoms with Gasteiger partial charge in [-0.3, -0.25) is 14.6 Å². The first-order valence-electron chi connectivity index (χ1n) is 11.3. The van der Waals surface area contributed by atoms with Gasteiger partial charge in [0.1, 0.15) is 11.3 Å². The fourth-order valence-electron chi connectivity index (χ4n) is 5.51. The van der Waals surface area contributed by atoms with Gasteiger partial charge in [0.15, 0.2) is 0 Å². The molecule has 1 aromatic heterocycles. The van der Waals surface area contributed by atoms with Crippen LogP contribution in [0.5, 0.6) is 0 Å². The second kappa shape index (κ2) is 8.00. The van der Waals surface area contributed by atoms with E-state index in [9.17, 15) is 9.59 Å². The van der Waals surface area contributed by atoms with Crippen molar-refractivity contribution >= 4 is 18.0 Å². The Bertz CT molecular complexity index is 964. The molecule has 1 aromatic carbocycles. The molecule has 3 amide bonds. The van der Waals surface area contributed by atoms with E-state index in [-0.39, 0.29) is 18.0 Å². The van der Waals surface area contributed by atoms with Gasteiger partial charge < -0.3 is 9.32 Å². The highest BCUT2D eigenvalue weighted by molar-refractivity contribution is 6.07. The van der Waals surface area contributed by atoms with E-state index in [1.54, 1.807) is 11.2 Å². The number of amides is 3. The zero-order chi connectivity index (χ0) is 21.4. The summed E-state index contributed by atoms with van der Waals surface area (Å²) in [5.41, 5.74) is 1.84. The highest BCUT2D eigenvalue weighted by Gasteiger charge is 2.59. The lowest BCUT2D eigenvalue weighted by Crippen LogP contribution is -2.56. The lowest BCUT2D eigenvalue weighted by molar-refractivity contribution is -0.136. The van der Waals surface area contributed by atoms with Crippen LogP contribution >= 0.6 is 0 Å². The Morgan fingerprint density at radius 1 is 1.06 bits per heavy atom. The molecule has 0 radical (unpaired) electrons. The molecule has 6 nitrogen and oxygen atoms in total. The second-order valence-electron chi connectivity index (χ2n) is 8.78. The van der Waals surface area contributed by atoms with E-state index in [2.05, 4.69) is 23.1 Å². The molecular formula is C25H29N3O3. The summed E-state index contributed by atoms with van der Waals surface area (Å²) in [7, 11) is 0. The van der Waals surface area contributed by atoms with Crippen molar-refractivity contribution < 1.29 is 14.0 Å². The number of benzene rings is 1. The highest BCUT2D eigenvalue weighted by atomic mass is 16.3. The minimum Gasteiger partial charge on any atom is -0.465 e. The van der Waals surface area contributed by atoms with Crippen LogP contribution in [0.3, 0.4) is 0 Å². The number of likely N-dealkylation sites (N-methyl/N-ethyl adjacent to an activating group) is 1. The number of imide groups is 1. The number of furan rings is 1. The topological polar surface area (TPSA) is 57.0 Å². The lowest BCUT2D eigenvalue weighted by atomic mass is 9.85. The minimum atomic E-state index is -0.679. The molecule has 5 rings (SSSR count). The molecule has 2 aromatic rings. The number of urea groups is 1. The largest absolute Gasteiger partial charge is 0.465 e. The Kier molecular flexibility index (Phi) is 5.18. The standard InChI is InChI=1S/C25H29N3O3/c1-2-27-24(30)28(21-17-19-7-3-4-8-20(19)18-21)23(29)25(27)11-14-26(15-12-25)13-5-9-22-10-6-16-31-22/h3-10,16,21H,2,11-15,17-18H2,1H3. The summed E-state index contributed by atoms with van der Waals surface area (Å²) < 4.78 is 5.34. The van der Waals surface area contributed by atoms with Gasteiger partial charge in [-0.25, -0.2) is 4.79 Å². The van der Waals surface area contributed by atoms with Crippen LogP contribution in [0.2, 0.25) is 0 Å². The third-order valence-electron chi connectivity index (χ3n) is 7.15. The lowest BCUT2D eigenvalue weighted by Gasteiger charge is -2.41. The molecular weight excluding hydrogens is 390 g/mol. The molecule has 3 heterocycles. The third-order valence-corrected chi connectivity index (χ3v) is 7.15. The van der Waals surface area contributed by atoms with Crippen molar-refractivity contribution in [2.75, 3.05) is 26.2 Å². The average molecular weight is 420 g/mol. The quantitative estimate of drug-likeness (QED) is 0.695. The zero-order valence-electron chi connectivity index (χ0n) is 18.0. The molecule has 0 saturated carbocycles. The van der Waals surface area contributed by atoms with E-state index in [1.807, 2.05) is 42.2 Å². The molecule has 3 aliphatic rings. The van der Waals surface area contributed by atoms with Gasteiger partial charge >= 0.3 is 6.03 Å². The fourth-order valence-corrected chi connectivity index (χ4v) is 5.51. The number of likely N-dealkylation sites (tertiary alicyclic amines) is 1. The maximum atomic E-state index is 13.7. The average Bonchev–Trinajstić information content (AvgIpc) is 3.48. The van der Waals surface area contributed by atoms with Crippen molar-refractivity contribution in [3.63, 3.8) is 0 Å². The summed E-state index contributed by atoms with van der Waals surface area (Å²) in [5, 5.41) is 0. The molecule has 162 valence electrons. The molecule has 0 bridgehead atoms. The smallest absolute Gasteiger partial charge is 0.327 e. The normalized spacial score (nSPS) is 21.7. The minimum absolute atomic E-state index is 0.0166. The molecule has 6 heteroatoms. The SMILES string of the molecule is CCN1C(=O)N(C2Cc3ccccc3C2)C(=O)C12CCN(CC=Cc1ccco1)CC2. The number of carbonyl (C=O) groups is 2. The number of carbonyl (C=O) groups excluding carboxylic acids is 2. The number of nitrogens with zero attached hydrogens (tertiary/aromatic N) is 3. The van der Waals surface area contributed by atoms with Crippen LogP contribution in [0.4, 0.5) is 4.79 Å². The van der Waals surface area contributed by atoms with E-state index in [0.717, 1.165) is 38.2 Å². The van der Waals surface area contributed by atoms with Gasteiger partial charge in [-0.15, -0.1) is 0 Å². The summed E-state index contributed by atoms with van der Waals surface area (Å²) in [4.78, 5) is 32.8. The van der Waals surface area contributed by atoms with Crippen molar-refractivity contribution in [2.45, 2.75) is 44.2 Å². The van der Waals surface area contributed by atoms with Gasteiger partial charge in [0, 0.05) is 32.2 Å². The third kappa shape index (κ3) is 3.39. The van der Waals surface area contributed by atoms with Crippen molar-refractivity contribution in [1.82, 2.24) is 14.7 Å². The Balaban J connectivity index is 1.28. The van der Waals surface area contributed by atoms with Crippen LogP contribution in [-0.2, 0) is 17.6 Å². The van der Waals surface area contributed by atoms with Crippen molar-refractivity contribution in [1.29, 1.82) is 0 Å². The molecule has 1 aliphatic carbocycles. The molecule has 1 spiro atoms. The van der Waals surface area contributed by atoms with Gasteiger partial charge in [-0.1, -0.05) is 30.3 Å². The van der Waals surface area contributed by atoms with E-state index in [1.165, 1.54) is 11.1 Å². The molecule has 0 atom stereocenters. The molecule has 2 saturated heterocycles. The predicted octanol–water partition coefficient (Wildman–Crippen LogP) is 3.58. The first kappa shape index (κ1) is 20.1. The van der Waals surface area contributed by atoms with Crippen molar-refractivity contribution in [2.24, 2.45) is 0 Å². The zero-order valence-corrected chi connectivity index (χ0v) is 18.0. The van der Waals surface area contributed by atoms with Gasteiger partial charge in [-0.2, -0.15) is 0 Å². The van der Waals surface area contributed by atoms with Gasteiger partial charge in [0.05, 0.1) is 6.26 Å². The first-order valence-corrected chi connectivity index (χ1v) is 11.3. The van der Waals surface area contributed by atoms with E-state index in [4.69, 9.17) is 4.42 Å². The van der Waals surface area contributed by atoms with Crippen LogP contribution in [-0.4, -0.2) is 64.4 Å². The van der Waals surface area contributed by atoms with Crippen LogP contribution in [0.15, 0.2) is 53.2 Å². The second-order valence-corrected chi connectivity index (χ2v) is 8.78. The van der Waals surface area contributed by atoms with Crippen molar-refractivity contribution in [3.8, 4) is 0 Å². The molecule has 2 fully saturated rings. The molecule has 0 unspecified atom stereocenters. The number of hydrogen-bond acceptors (Lipinski definition) is 4. The number of piperidine rings is 1. The van der Waals surface area contributed by atoms with E-state index >= 15 is 0 Å². The summed E-state index contributed by atoms with van der Waals surface area (Å²) in [6.07, 6.45) is 8.66. The Morgan fingerprint density at radius 2 is 1.77 bits per heavy atom. The Morgan fingerprint density at radius 3 is 2.39 bits per heavy atom. The maximum absolute atomic E-state index is 13.7. The number of hydrogen-bond donors (Lipinski definition) is 0. The highest BCUT2D eigenvalue weighted by Crippen LogP contribution is 2.40. The maximum Gasteiger partial charge on any atom is 0.327 e. The predicted molar refractivity (Wildman–Crippen MR) is 118 cm³/mol. The van der Waals surface area contributed by atoms with Crippen molar-refractivity contribution in [3.05, 3.63) is 65.6 Å². The monoisotopic (exact) mass is 419 g/mol. The van der Waals surface area contributed by atoms with Crippen LogP contribution in [0, 0.1) is 0 Å². The number of fused-ring (bicyclic) bond motifs is 1. The first-order chi connectivity index (χ1) is 15.1. The van der Waals surface area contributed by atoms with Gasteiger partial charge in [0.25, 0.3) is 5.91 Å². The van der Waals surface area contributed by atoms with E-state index in [0.29, 0.717) is 19.4 Å². The summed E-state index contributed by atoms with van der Waals surface area (Å²) in [6, 6.07) is 11.9. The summed E-state index contributed by atoms with van der Waals surface area (Å²) in [6.45, 7) is 4.97. The van der Waals surface area contributed by atoms with Gasteiger partial charge in [0.2, 0.25) is 0 Å². The molecule has 0 N–H and O–H groups in total. The van der Waals surface area contributed by atoms with Crippen LogP contribution in [0.25, 0.3) is 6.08 Å². The van der Waals surface area contributed by atoms with Crippen LogP contribution in [0.1, 0.15) is 36.7 Å². The molecule has 2 aliphatic heterocycles. The van der Waals surface area contributed by atoms with Crippen LogP contribution < -0.4 is 0 Å². The summed E-state index contributed by atoms with van der Waals surface area (Å²) in [5.74, 6) is 0.860. The summed E-state index contributed by atoms with van der Waals surface area (Å²) >= 11 is 0.